The highest BCUT2D eigenvalue weighted by Gasteiger charge is 2.05. The molecule has 0 atom stereocenters. The van der Waals surface area contributed by atoms with Gasteiger partial charge in [0.05, 0.1) is 6.26 Å². The van der Waals surface area contributed by atoms with Crippen LogP contribution < -0.4 is 20.3 Å². The molecule has 0 saturated heterocycles. The lowest BCUT2D eigenvalue weighted by Gasteiger charge is -2.07. The molecule has 0 bridgehead atoms. The number of aliphatic carboxylic acids is 1. The van der Waals surface area contributed by atoms with Crippen LogP contribution in [0.2, 0.25) is 0 Å². The molecule has 0 radical (unpaired) electrons. The van der Waals surface area contributed by atoms with E-state index >= 15 is 0 Å². The van der Waals surface area contributed by atoms with Gasteiger partial charge < -0.3 is 14.6 Å². The van der Waals surface area contributed by atoms with Crippen LogP contribution in [-0.2, 0) is 11.2 Å². The van der Waals surface area contributed by atoms with Gasteiger partial charge in [0.2, 0.25) is 0 Å². The maximum atomic E-state index is 10.6. The lowest BCUT2D eigenvalue weighted by Crippen LogP contribution is -2.24. The van der Waals surface area contributed by atoms with Gasteiger partial charge >= 0.3 is 0 Å². The molecule has 1 heterocycles. The highest BCUT2D eigenvalue weighted by molar-refractivity contribution is 5.69. The summed E-state index contributed by atoms with van der Waals surface area (Å²) >= 11 is 0. The standard InChI is InChI=1S/C16H12O3/c17-16(18)8-11-5-6-15-14(7-11)9-12-3-1-2-4-13(12)10-19-15/h1-7,9-10H,8H2,(H,17,18)/p-1. The number of carboxylic acid groups (broad SMARTS) is 1. The van der Waals surface area contributed by atoms with E-state index in [2.05, 4.69) is 0 Å². The third kappa shape index (κ3) is 2.36. The van der Waals surface area contributed by atoms with E-state index in [1.807, 2.05) is 36.4 Å². The first kappa shape index (κ1) is 11.5. The SMILES string of the molecule is O=C([O-])Cc1ccc2c(c1)C=c1ccccc1=CO2. The average molecular weight is 251 g/mol. The minimum absolute atomic E-state index is 0.0908. The number of hydrogen-bond donors (Lipinski definition) is 0. The Morgan fingerprint density at radius 2 is 1.89 bits per heavy atom. The molecule has 19 heavy (non-hydrogen) atoms. The van der Waals surface area contributed by atoms with Gasteiger partial charge in [-0.05, 0) is 29.0 Å². The van der Waals surface area contributed by atoms with Gasteiger partial charge in [-0.25, -0.2) is 0 Å². The zero-order chi connectivity index (χ0) is 13.2. The second kappa shape index (κ2) is 4.61. The number of hydrogen-bond acceptors (Lipinski definition) is 3. The summed E-state index contributed by atoms with van der Waals surface area (Å²) in [5, 5.41) is 12.7. The number of carboxylic acids is 1. The molecule has 0 fully saturated rings. The summed E-state index contributed by atoms with van der Waals surface area (Å²) in [4.78, 5) is 10.6. The zero-order valence-electron chi connectivity index (χ0n) is 10.1. The molecule has 0 aliphatic carbocycles. The summed E-state index contributed by atoms with van der Waals surface area (Å²) in [6.07, 6.45) is 3.61. The molecule has 0 aromatic heterocycles. The summed E-state index contributed by atoms with van der Waals surface area (Å²) in [5.41, 5.74) is 1.58. The Morgan fingerprint density at radius 3 is 2.68 bits per heavy atom. The number of carbonyl (C=O) groups excluding carboxylic acids is 1. The Balaban J connectivity index is 2.14. The number of fused-ring (bicyclic) bond motifs is 2. The summed E-state index contributed by atoms with van der Waals surface area (Å²) in [5.74, 6) is -0.361. The molecule has 3 heteroatoms. The number of carbonyl (C=O) groups is 1. The summed E-state index contributed by atoms with van der Waals surface area (Å²) in [6, 6.07) is 13.2. The maximum Gasteiger partial charge on any atom is 0.133 e. The van der Waals surface area contributed by atoms with E-state index in [9.17, 15) is 9.90 Å². The van der Waals surface area contributed by atoms with E-state index in [1.54, 1.807) is 18.4 Å². The van der Waals surface area contributed by atoms with Crippen molar-refractivity contribution in [3.8, 4) is 5.75 Å². The van der Waals surface area contributed by atoms with E-state index in [0.29, 0.717) is 5.56 Å². The number of ether oxygens (including phenoxy) is 1. The fourth-order valence-corrected chi connectivity index (χ4v) is 2.14. The number of benzene rings is 2. The third-order valence-corrected chi connectivity index (χ3v) is 3.04. The van der Waals surface area contributed by atoms with E-state index in [0.717, 1.165) is 21.8 Å². The van der Waals surface area contributed by atoms with Crippen LogP contribution in [0, 0.1) is 0 Å². The van der Waals surface area contributed by atoms with Gasteiger partial charge in [0.1, 0.15) is 5.75 Å². The van der Waals surface area contributed by atoms with Crippen LogP contribution in [-0.4, -0.2) is 5.97 Å². The molecular formula is C16H11O3-. The first-order valence-corrected chi connectivity index (χ1v) is 5.99. The summed E-state index contributed by atoms with van der Waals surface area (Å²) < 4.78 is 5.62. The molecular weight excluding hydrogens is 240 g/mol. The fourth-order valence-electron chi connectivity index (χ4n) is 2.14. The molecule has 2 aromatic rings. The minimum atomic E-state index is -1.08. The molecule has 0 saturated carbocycles. The average Bonchev–Trinajstić information content (AvgIpc) is 2.56. The Morgan fingerprint density at radius 1 is 1.11 bits per heavy atom. The second-order valence-corrected chi connectivity index (χ2v) is 4.43. The van der Waals surface area contributed by atoms with Crippen LogP contribution in [0.25, 0.3) is 12.3 Å². The topological polar surface area (TPSA) is 49.4 Å². The lowest BCUT2D eigenvalue weighted by atomic mass is 10.1. The summed E-state index contributed by atoms with van der Waals surface area (Å²) in [6.45, 7) is 0. The van der Waals surface area contributed by atoms with E-state index in [4.69, 9.17) is 4.74 Å². The van der Waals surface area contributed by atoms with Crippen molar-refractivity contribution in [1.82, 2.24) is 0 Å². The van der Waals surface area contributed by atoms with Gasteiger partial charge in [-0.15, -0.1) is 0 Å². The van der Waals surface area contributed by atoms with Crippen LogP contribution in [0.5, 0.6) is 5.75 Å². The lowest BCUT2D eigenvalue weighted by molar-refractivity contribution is -0.304. The second-order valence-electron chi connectivity index (χ2n) is 4.43. The molecule has 1 aliphatic heterocycles. The largest absolute Gasteiger partial charge is 0.550 e. The molecule has 1 aliphatic rings. The van der Waals surface area contributed by atoms with Crippen molar-refractivity contribution in [2.45, 2.75) is 6.42 Å². The van der Waals surface area contributed by atoms with Crippen molar-refractivity contribution in [1.29, 1.82) is 0 Å². The Hall–Kier alpha value is -2.55. The van der Waals surface area contributed by atoms with Crippen LogP contribution in [0.1, 0.15) is 11.1 Å². The van der Waals surface area contributed by atoms with Crippen LogP contribution in [0.3, 0.4) is 0 Å². The monoisotopic (exact) mass is 251 g/mol. The highest BCUT2D eigenvalue weighted by Crippen LogP contribution is 2.22. The Kier molecular flexibility index (Phi) is 2.80. The van der Waals surface area contributed by atoms with Crippen LogP contribution in [0.15, 0.2) is 42.5 Å². The van der Waals surface area contributed by atoms with Gasteiger partial charge in [-0.2, -0.15) is 0 Å². The van der Waals surface area contributed by atoms with Crippen molar-refractivity contribution >= 4 is 18.3 Å². The van der Waals surface area contributed by atoms with Crippen LogP contribution in [0.4, 0.5) is 0 Å². The molecule has 3 rings (SSSR count). The van der Waals surface area contributed by atoms with E-state index < -0.39 is 5.97 Å². The molecule has 0 spiro atoms. The molecule has 0 N–H and O–H groups in total. The van der Waals surface area contributed by atoms with Crippen molar-refractivity contribution < 1.29 is 14.6 Å². The first-order valence-electron chi connectivity index (χ1n) is 5.99. The van der Waals surface area contributed by atoms with Gasteiger partial charge in [-0.3, -0.25) is 0 Å². The minimum Gasteiger partial charge on any atom is -0.550 e. The first-order chi connectivity index (χ1) is 9.22. The molecule has 3 nitrogen and oxygen atoms in total. The van der Waals surface area contributed by atoms with E-state index in [-0.39, 0.29) is 6.42 Å². The van der Waals surface area contributed by atoms with Crippen LogP contribution >= 0.6 is 0 Å². The van der Waals surface area contributed by atoms with Crippen molar-refractivity contribution in [2.75, 3.05) is 0 Å². The van der Waals surface area contributed by atoms with Gasteiger partial charge in [-0.1, -0.05) is 30.3 Å². The third-order valence-electron chi connectivity index (χ3n) is 3.04. The summed E-state index contributed by atoms with van der Waals surface area (Å²) in [7, 11) is 0. The smallest absolute Gasteiger partial charge is 0.133 e. The number of rotatable bonds is 2. The molecule has 0 amide bonds. The van der Waals surface area contributed by atoms with Crippen molar-refractivity contribution in [2.24, 2.45) is 0 Å². The maximum absolute atomic E-state index is 10.6. The highest BCUT2D eigenvalue weighted by atomic mass is 16.5. The van der Waals surface area contributed by atoms with Crippen molar-refractivity contribution in [3.63, 3.8) is 0 Å². The molecule has 0 unspecified atom stereocenters. The molecule has 94 valence electrons. The van der Waals surface area contributed by atoms with Gasteiger partial charge in [0.25, 0.3) is 0 Å². The zero-order valence-corrected chi connectivity index (χ0v) is 10.1. The van der Waals surface area contributed by atoms with Gasteiger partial charge in [0.15, 0.2) is 0 Å². The van der Waals surface area contributed by atoms with Crippen molar-refractivity contribution in [3.05, 3.63) is 64.0 Å². The Labute approximate surface area is 110 Å². The predicted octanol–water partition coefficient (Wildman–Crippen LogP) is -0.0618. The normalized spacial score (nSPS) is 12.0. The van der Waals surface area contributed by atoms with Gasteiger partial charge in [0, 0.05) is 23.2 Å². The van der Waals surface area contributed by atoms with E-state index in [1.165, 1.54) is 0 Å². The predicted molar refractivity (Wildman–Crippen MR) is 69.5 cm³/mol. The fraction of sp³-hybridized carbons (Fsp3) is 0.0625. The quantitative estimate of drug-likeness (QED) is 0.751. The molecule has 2 aromatic carbocycles. The Bertz CT molecular complexity index is 760.